The van der Waals surface area contributed by atoms with Gasteiger partial charge in [-0.2, -0.15) is 0 Å². The van der Waals surface area contributed by atoms with Gasteiger partial charge >= 0.3 is 0 Å². The Bertz CT molecular complexity index is 570. The average Bonchev–Trinajstić information content (AvgIpc) is 2.46. The van der Waals surface area contributed by atoms with E-state index < -0.39 is 0 Å². The molecule has 104 valence electrons. The molecule has 0 bridgehead atoms. The number of amides is 1. The molecular formula is C13H15N5OS. The Hall–Kier alpha value is -2.12. The van der Waals surface area contributed by atoms with Crippen molar-refractivity contribution in [2.24, 2.45) is 5.84 Å². The number of carbonyl (C=O) groups excluding carboxylic acids is 1. The number of hydrazine groups is 1. The standard InChI is InChI=1S/C13H15N5OS/c1-9(19)17-10-2-4-12(5-3-10)20-8-11-6-16-13(18-14)7-15-11/h2-7H,8,14H2,1H3,(H,16,18)(H,17,19). The third-order valence-corrected chi connectivity index (χ3v) is 3.46. The molecule has 2 aromatic rings. The molecule has 20 heavy (non-hydrogen) atoms. The van der Waals surface area contributed by atoms with Gasteiger partial charge in [0.1, 0.15) is 0 Å². The van der Waals surface area contributed by atoms with Crippen molar-refractivity contribution in [3.05, 3.63) is 42.4 Å². The van der Waals surface area contributed by atoms with Crippen LogP contribution in [0.25, 0.3) is 0 Å². The fraction of sp³-hybridized carbons (Fsp3) is 0.154. The van der Waals surface area contributed by atoms with E-state index in [0.717, 1.165) is 22.0 Å². The molecule has 6 nitrogen and oxygen atoms in total. The van der Waals surface area contributed by atoms with Gasteiger partial charge in [0.15, 0.2) is 5.82 Å². The first-order valence-corrected chi connectivity index (χ1v) is 6.94. The van der Waals surface area contributed by atoms with Crippen LogP contribution < -0.4 is 16.6 Å². The first kappa shape index (κ1) is 14.3. The molecule has 2 rings (SSSR count). The molecule has 1 aromatic carbocycles. The number of aromatic nitrogens is 2. The van der Waals surface area contributed by atoms with Crippen molar-refractivity contribution < 1.29 is 4.79 Å². The highest BCUT2D eigenvalue weighted by Gasteiger charge is 2.00. The Labute approximate surface area is 121 Å². The van der Waals surface area contributed by atoms with E-state index in [1.165, 1.54) is 6.92 Å². The third-order valence-electron chi connectivity index (χ3n) is 2.41. The lowest BCUT2D eigenvalue weighted by molar-refractivity contribution is -0.114. The molecule has 0 atom stereocenters. The van der Waals surface area contributed by atoms with Gasteiger partial charge in [-0.3, -0.25) is 9.78 Å². The Balaban J connectivity index is 1.91. The van der Waals surface area contributed by atoms with E-state index in [-0.39, 0.29) is 5.91 Å². The normalized spacial score (nSPS) is 10.1. The lowest BCUT2D eigenvalue weighted by Crippen LogP contribution is -2.08. The summed E-state index contributed by atoms with van der Waals surface area (Å²) >= 11 is 1.65. The van der Waals surface area contributed by atoms with Crippen LogP contribution in [0.2, 0.25) is 0 Å². The largest absolute Gasteiger partial charge is 0.326 e. The van der Waals surface area contributed by atoms with E-state index in [2.05, 4.69) is 20.7 Å². The highest BCUT2D eigenvalue weighted by molar-refractivity contribution is 7.98. The molecule has 0 radical (unpaired) electrons. The second-order valence-electron chi connectivity index (χ2n) is 4.03. The van der Waals surface area contributed by atoms with E-state index in [9.17, 15) is 4.79 Å². The van der Waals surface area contributed by atoms with Gasteiger partial charge in [0.25, 0.3) is 0 Å². The minimum atomic E-state index is -0.0747. The third kappa shape index (κ3) is 4.22. The summed E-state index contributed by atoms with van der Waals surface area (Å²) < 4.78 is 0. The van der Waals surface area contributed by atoms with Crippen LogP contribution in [0.4, 0.5) is 11.5 Å². The van der Waals surface area contributed by atoms with Crippen molar-refractivity contribution in [1.82, 2.24) is 9.97 Å². The SMILES string of the molecule is CC(=O)Nc1ccc(SCc2cnc(NN)cn2)cc1. The molecule has 7 heteroatoms. The molecule has 0 aliphatic carbocycles. The molecule has 0 unspecified atom stereocenters. The van der Waals surface area contributed by atoms with Gasteiger partial charge in [-0.05, 0) is 24.3 Å². The van der Waals surface area contributed by atoms with Crippen molar-refractivity contribution >= 4 is 29.2 Å². The highest BCUT2D eigenvalue weighted by atomic mass is 32.2. The lowest BCUT2D eigenvalue weighted by Gasteiger charge is -2.05. The number of carbonyl (C=O) groups is 1. The second-order valence-corrected chi connectivity index (χ2v) is 5.08. The summed E-state index contributed by atoms with van der Waals surface area (Å²) in [5, 5.41) is 2.73. The van der Waals surface area contributed by atoms with Gasteiger partial charge in [-0.1, -0.05) is 0 Å². The summed E-state index contributed by atoms with van der Waals surface area (Å²) in [5.41, 5.74) is 4.10. The monoisotopic (exact) mass is 289 g/mol. The number of nitrogen functional groups attached to an aromatic ring is 1. The van der Waals surface area contributed by atoms with Crippen LogP contribution in [0.1, 0.15) is 12.6 Å². The lowest BCUT2D eigenvalue weighted by atomic mass is 10.3. The number of rotatable bonds is 5. The highest BCUT2D eigenvalue weighted by Crippen LogP contribution is 2.23. The Morgan fingerprint density at radius 1 is 1.25 bits per heavy atom. The number of nitrogens with one attached hydrogen (secondary N) is 2. The summed E-state index contributed by atoms with van der Waals surface area (Å²) in [6.07, 6.45) is 3.28. The fourth-order valence-electron chi connectivity index (χ4n) is 1.50. The maximum Gasteiger partial charge on any atom is 0.221 e. The van der Waals surface area contributed by atoms with Crippen LogP contribution in [-0.4, -0.2) is 15.9 Å². The van der Waals surface area contributed by atoms with Crippen molar-refractivity contribution in [1.29, 1.82) is 0 Å². The van der Waals surface area contributed by atoms with Crippen LogP contribution in [0, 0.1) is 0 Å². The molecule has 0 fully saturated rings. The van der Waals surface area contributed by atoms with E-state index in [1.54, 1.807) is 24.2 Å². The van der Waals surface area contributed by atoms with Gasteiger partial charge < -0.3 is 10.7 Å². The number of anilines is 2. The van der Waals surface area contributed by atoms with Gasteiger partial charge in [0.05, 0.1) is 18.1 Å². The molecule has 0 aliphatic rings. The van der Waals surface area contributed by atoms with Crippen molar-refractivity contribution in [2.45, 2.75) is 17.6 Å². The molecule has 0 aliphatic heterocycles. The maximum absolute atomic E-state index is 10.9. The smallest absolute Gasteiger partial charge is 0.221 e. The summed E-state index contributed by atoms with van der Waals surface area (Å²) in [6, 6.07) is 7.66. The number of benzene rings is 1. The molecule has 4 N–H and O–H groups in total. The quantitative estimate of drug-likeness (QED) is 0.443. The molecule has 0 spiro atoms. The first-order chi connectivity index (χ1) is 9.67. The van der Waals surface area contributed by atoms with E-state index in [1.807, 2.05) is 24.3 Å². The summed E-state index contributed by atoms with van der Waals surface area (Å²) in [4.78, 5) is 20.4. The fourth-order valence-corrected chi connectivity index (χ4v) is 2.29. The zero-order chi connectivity index (χ0) is 14.4. The predicted molar refractivity (Wildman–Crippen MR) is 80.1 cm³/mol. The van der Waals surface area contributed by atoms with Crippen LogP contribution in [0.15, 0.2) is 41.6 Å². The summed E-state index contributed by atoms with van der Waals surface area (Å²) in [5.74, 6) is 6.41. The summed E-state index contributed by atoms with van der Waals surface area (Å²) in [7, 11) is 0. The summed E-state index contributed by atoms with van der Waals surface area (Å²) in [6.45, 7) is 1.49. The van der Waals surface area contributed by atoms with Gasteiger partial charge in [-0.15, -0.1) is 11.8 Å². The Morgan fingerprint density at radius 2 is 2.00 bits per heavy atom. The van der Waals surface area contributed by atoms with Gasteiger partial charge in [-0.25, -0.2) is 10.8 Å². The van der Waals surface area contributed by atoms with Crippen molar-refractivity contribution in [3.63, 3.8) is 0 Å². The molecule has 1 amide bonds. The molecular weight excluding hydrogens is 274 g/mol. The number of nitrogens with zero attached hydrogens (tertiary/aromatic N) is 2. The number of nitrogens with two attached hydrogens (primary N) is 1. The van der Waals surface area contributed by atoms with Crippen LogP contribution in [-0.2, 0) is 10.5 Å². The van der Waals surface area contributed by atoms with Gasteiger partial charge in [0.2, 0.25) is 5.91 Å². The predicted octanol–water partition coefficient (Wildman–Crippen LogP) is 2.01. The van der Waals surface area contributed by atoms with Gasteiger partial charge in [0, 0.05) is 23.3 Å². The maximum atomic E-state index is 10.9. The number of thioether (sulfide) groups is 1. The molecule has 1 heterocycles. The average molecular weight is 289 g/mol. The molecule has 0 saturated heterocycles. The first-order valence-electron chi connectivity index (χ1n) is 5.95. The van der Waals surface area contributed by atoms with Crippen LogP contribution >= 0.6 is 11.8 Å². The number of hydrogen-bond donors (Lipinski definition) is 3. The molecule has 0 saturated carbocycles. The topological polar surface area (TPSA) is 92.9 Å². The van der Waals surface area contributed by atoms with Crippen molar-refractivity contribution in [2.75, 3.05) is 10.7 Å². The molecule has 1 aromatic heterocycles. The zero-order valence-electron chi connectivity index (χ0n) is 11.0. The van der Waals surface area contributed by atoms with E-state index in [4.69, 9.17) is 5.84 Å². The minimum Gasteiger partial charge on any atom is -0.326 e. The van der Waals surface area contributed by atoms with E-state index >= 15 is 0 Å². The zero-order valence-corrected chi connectivity index (χ0v) is 11.8. The van der Waals surface area contributed by atoms with Crippen molar-refractivity contribution in [3.8, 4) is 0 Å². The Morgan fingerprint density at radius 3 is 2.55 bits per heavy atom. The Kier molecular flexibility index (Phi) is 4.91. The minimum absolute atomic E-state index is 0.0747. The second kappa shape index (κ2) is 6.88. The van der Waals surface area contributed by atoms with Crippen LogP contribution in [0.3, 0.4) is 0 Å². The van der Waals surface area contributed by atoms with E-state index in [0.29, 0.717) is 5.82 Å². The van der Waals surface area contributed by atoms with Crippen LogP contribution in [0.5, 0.6) is 0 Å². The number of hydrogen-bond acceptors (Lipinski definition) is 6.